The van der Waals surface area contributed by atoms with Crippen LogP contribution in [-0.4, -0.2) is 64.2 Å². The number of H-pyrrole nitrogens is 1. The molecule has 1 aromatic carbocycles. The Morgan fingerprint density at radius 1 is 1.03 bits per heavy atom. The standard InChI is InChI=1S/C26H28N6O3/c1-32(2)25(33)24-13-16-12-17(4-7-21(16)30-24)29-26-28-11-9-22(31-26)23-15-20(8-10-27-23)35-19-6-5-18(14-19)34-3/h4,7-13,15,18-19,30H,5-6,14H2,1-3H3,(H,28,29,31). The lowest BCUT2D eigenvalue weighted by Crippen LogP contribution is -2.21. The SMILES string of the molecule is COC1CCC(Oc2ccnc(-c3ccnc(Nc4ccc5[nH]c(C(=O)N(C)C)cc5c4)n3)c2)C1. The van der Waals surface area contributed by atoms with Gasteiger partial charge in [-0.05, 0) is 49.2 Å². The van der Waals surface area contributed by atoms with Gasteiger partial charge in [-0.2, -0.15) is 0 Å². The summed E-state index contributed by atoms with van der Waals surface area (Å²) in [5.74, 6) is 1.15. The van der Waals surface area contributed by atoms with Gasteiger partial charge in [0.1, 0.15) is 17.5 Å². The number of carbonyl (C=O) groups is 1. The number of anilines is 2. The lowest BCUT2D eigenvalue weighted by Gasteiger charge is -2.14. The Morgan fingerprint density at radius 2 is 1.86 bits per heavy atom. The highest BCUT2D eigenvalue weighted by molar-refractivity contribution is 5.98. The van der Waals surface area contributed by atoms with Crippen LogP contribution >= 0.6 is 0 Å². The quantitative estimate of drug-likeness (QED) is 0.410. The van der Waals surface area contributed by atoms with E-state index in [9.17, 15) is 4.79 Å². The second kappa shape index (κ2) is 9.71. The number of amides is 1. The average Bonchev–Trinajstić information content (AvgIpc) is 3.50. The third kappa shape index (κ3) is 5.09. The van der Waals surface area contributed by atoms with Crippen LogP contribution in [0.2, 0.25) is 0 Å². The second-order valence-corrected chi connectivity index (χ2v) is 8.86. The fourth-order valence-corrected chi connectivity index (χ4v) is 4.30. The van der Waals surface area contributed by atoms with E-state index in [4.69, 9.17) is 9.47 Å². The summed E-state index contributed by atoms with van der Waals surface area (Å²) in [5.41, 5.74) is 3.65. The van der Waals surface area contributed by atoms with E-state index in [0.29, 0.717) is 23.0 Å². The Morgan fingerprint density at radius 3 is 2.66 bits per heavy atom. The van der Waals surface area contributed by atoms with E-state index in [-0.39, 0.29) is 18.1 Å². The zero-order valence-corrected chi connectivity index (χ0v) is 20.0. The number of carbonyl (C=O) groups excluding carboxylic acids is 1. The molecule has 35 heavy (non-hydrogen) atoms. The summed E-state index contributed by atoms with van der Waals surface area (Å²) in [6, 6.07) is 13.2. The summed E-state index contributed by atoms with van der Waals surface area (Å²) in [7, 11) is 5.21. The number of ether oxygens (including phenoxy) is 2. The molecule has 2 unspecified atom stereocenters. The predicted molar refractivity (Wildman–Crippen MR) is 134 cm³/mol. The number of hydrogen-bond donors (Lipinski definition) is 2. The molecule has 1 aliphatic carbocycles. The molecule has 3 aromatic heterocycles. The molecule has 1 fully saturated rings. The van der Waals surface area contributed by atoms with Crippen molar-refractivity contribution in [1.29, 1.82) is 0 Å². The molecule has 3 heterocycles. The maximum absolute atomic E-state index is 12.2. The van der Waals surface area contributed by atoms with Gasteiger partial charge in [-0.25, -0.2) is 9.97 Å². The first kappa shape index (κ1) is 22.8. The van der Waals surface area contributed by atoms with Crippen LogP contribution in [-0.2, 0) is 4.74 Å². The molecular formula is C26H28N6O3. The van der Waals surface area contributed by atoms with Gasteiger partial charge >= 0.3 is 0 Å². The third-order valence-electron chi connectivity index (χ3n) is 6.14. The molecule has 5 rings (SSSR count). The lowest BCUT2D eigenvalue weighted by molar-refractivity contribution is 0.0823. The van der Waals surface area contributed by atoms with Gasteiger partial charge < -0.3 is 24.7 Å². The van der Waals surface area contributed by atoms with Gasteiger partial charge in [0.15, 0.2) is 0 Å². The normalized spacial score (nSPS) is 17.5. The van der Waals surface area contributed by atoms with Gasteiger partial charge in [-0.1, -0.05) is 0 Å². The molecular weight excluding hydrogens is 444 g/mol. The molecule has 180 valence electrons. The van der Waals surface area contributed by atoms with Crippen molar-refractivity contribution in [3.8, 4) is 17.1 Å². The fourth-order valence-electron chi connectivity index (χ4n) is 4.30. The number of rotatable bonds is 7. The van der Waals surface area contributed by atoms with Crippen molar-refractivity contribution in [3.63, 3.8) is 0 Å². The largest absolute Gasteiger partial charge is 0.490 e. The maximum Gasteiger partial charge on any atom is 0.269 e. The van der Waals surface area contributed by atoms with Gasteiger partial charge in [0, 0.05) is 62.7 Å². The van der Waals surface area contributed by atoms with Gasteiger partial charge in [0.2, 0.25) is 5.95 Å². The highest BCUT2D eigenvalue weighted by Gasteiger charge is 2.26. The molecule has 0 bridgehead atoms. The summed E-state index contributed by atoms with van der Waals surface area (Å²) in [5, 5.41) is 4.17. The number of benzene rings is 1. The lowest BCUT2D eigenvalue weighted by atomic mass is 10.2. The number of fused-ring (bicyclic) bond motifs is 1. The molecule has 0 saturated heterocycles. The number of methoxy groups -OCH3 is 1. The summed E-state index contributed by atoms with van der Waals surface area (Å²) >= 11 is 0. The number of aromatic nitrogens is 4. The minimum atomic E-state index is -0.0723. The van der Waals surface area contributed by atoms with Gasteiger partial charge in [-0.3, -0.25) is 9.78 Å². The van der Waals surface area contributed by atoms with Gasteiger partial charge in [0.05, 0.1) is 17.5 Å². The minimum absolute atomic E-state index is 0.0723. The molecule has 2 N–H and O–H groups in total. The first-order chi connectivity index (χ1) is 17.0. The van der Waals surface area contributed by atoms with E-state index in [2.05, 4.69) is 25.3 Å². The number of hydrogen-bond acceptors (Lipinski definition) is 7. The summed E-state index contributed by atoms with van der Waals surface area (Å²) in [6.07, 6.45) is 6.73. The van der Waals surface area contributed by atoms with Crippen LogP contribution in [0.4, 0.5) is 11.6 Å². The van der Waals surface area contributed by atoms with Crippen LogP contribution in [0.5, 0.6) is 5.75 Å². The van der Waals surface area contributed by atoms with Crippen molar-refractivity contribution in [2.75, 3.05) is 26.5 Å². The van der Waals surface area contributed by atoms with E-state index in [1.165, 1.54) is 0 Å². The van der Waals surface area contributed by atoms with Crippen molar-refractivity contribution in [2.45, 2.75) is 31.5 Å². The van der Waals surface area contributed by atoms with Crippen molar-refractivity contribution in [1.82, 2.24) is 24.8 Å². The Balaban J connectivity index is 1.32. The van der Waals surface area contributed by atoms with Crippen molar-refractivity contribution in [3.05, 3.63) is 60.6 Å². The van der Waals surface area contributed by atoms with Crippen molar-refractivity contribution in [2.24, 2.45) is 0 Å². The van der Waals surface area contributed by atoms with Gasteiger partial charge in [-0.15, -0.1) is 0 Å². The summed E-state index contributed by atoms with van der Waals surface area (Å²) in [6.45, 7) is 0. The Labute approximate surface area is 203 Å². The Kier molecular flexibility index (Phi) is 6.33. The number of nitrogens with zero attached hydrogens (tertiary/aromatic N) is 4. The van der Waals surface area contributed by atoms with Gasteiger partial charge in [0.25, 0.3) is 5.91 Å². The maximum atomic E-state index is 12.2. The van der Waals surface area contributed by atoms with Crippen LogP contribution in [0.15, 0.2) is 54.9 Å². The number of nitrogens with one attached hydrogen (secondary N) is 2. The van der Waals surface area contributed by atoms with E-state index in [0.717, 1.165) is 41.6 Å². The van der Waals surface area contributed by atoms with E-state index < -0.39 is 0 Å². The molecule has 1 saturated carbocycles. The van der Waals surface area contributed by atoms with E-state index in [1.807, 2.05) is 42.5 Å². The highest BCUT2D eigenvalue weighted by Crippen LogP contribution is 2.28. The summed E-state index contributed by atoms with van der Waals surface area (Å²) < 4.78 is 11.6. The molecule has 0 aliphatic heterocycles. The molecule has 9 nitrogen and oxygen atoms in total. The van der Waals surface area contributed by atoms with Crippen LogP contribution in [0, 0.1) is 0 Å². The van der Waals surface area contributed by atoms with Crippen molar-refractivity contribution >= 4 is 28.4 Å². The molecule has 9 heteroatoms. The zero-order chi connectivity index (χ0) is 24.4. The number of aromatic amines is 1. The third-order valence-corrected chi connectivity index (χ3v) is 6.14. The molecule has 4 aromatic rings. The summed E-state index contributed by atoms with van der Waals surface area (Å²) in [4.78, 5) is 30.4. The molecule has 2 atom stereocenters. The van der Waals surface area contributed by atoms with E-state index >= 15 is 0 Å². The highest BCUT2D eigenvalue weighted by atomic mass is 16.5. The predicted octanol–water partition coefficient (Wildman–Crippen LogP) is 4.41. The first-order valence-electron chi connectivity index (χ1n) is 11.6. The monoisotopic (exact) mass is 472 g/mol. The van der Waals surface area contributed by atoms with Crippen LogP contribution in [0.3, 0.4) is 0 Å². The minimum Gasteiger partial charge on any atom is -0.490 e. The second-order valence-electron chi connectivity index (χ2n) is 8.86. The zero-order valence-electron chi connectivity index (χ0n) is 20.0. The van der Waals surface area contributed by atoms with Crippen LogP contribution < -0.4 is 10.1 Å². The Hall–Kier alpha value is -3.98. The molecule has 0 spiro atoms. The Bertz CT molecular complexity index is 1350. The first-order valence-corrected chi connectivity index (χ1v) is 11.6. The molecule has 1 amide bonds. The van der Waals surface area contributed by atoms with Crippen LogP contribution in [0.1, 0.15) is 29.8 Å². The van der Waals surface area contributed by atoms with Crippen molar-refractivity contribution < 1.29 is 14.3 Å². The smallest absolute Gasteiger partial charge is 0.269 e. The molecule has 1 aliphatic rings. The van der Waals surface area contributed by atoms with E-state index in [1.54, 1.807) is 38.5 Å². The fraction of sp³-hybridized carbons (Fsp3) is 0.308. The average molecular weight is 473 g/mol. The topological polar surface area (TPSA) is 105 Å². The van der Waals surface area contributed by atoms with Crippen LogP contribution in [0.25, 0.3) is 22.3 Å². The number of pyridine rings is 1. The molecule has 0 radical (unpaired) electrons.